The van der Waals surface area contributed by atoms with Crippen LogP contribution in [0.3, 0.4) is 0 Å². The zero-order valence-electron chi connectivity index (χ0n) is 19.3. The summed E-state index contributed by atoms with van der Waals surface area (Å²) in [5, 5.41) is 12.0. The standard InChI is InChI=1S/C28H26N4O2/c1-19-25(27(33)31(29-19)23-9-5-3-6-10-23)17-21-13-15-22(16-14-21)18-26-20(2)30-32(28(26)34)24-11-7-4-8-12-24/h3-16,25-26H,17-18H2,1-2H3/t25-,26+. The smallest absolute Gasteiger partial charge is 0.256 e. The summed E-state index contributed by atoms with van der Waals surface area (Å²) < 4.78 is 0. The topological polar surface area (TPSA) is 65.3 Å². The van der Waals surface area contributed by atoms with Crippen molar-refractivity contribution in [3.8, 4) is 0 Å². The summed E-state index contributed by atoms with van der Waals surface area (Å²) in [4.78, 5) is 26.0. The van der Waals surface area contributed by atoms with Crippen LogP contribution in [0.5, 0.6) is 0 Å². The van der Waals surface area contributed by atoms with Gasteiger partial charge >= 0.3 is 0 Å². The van der Waals surface area contributed by atoms with Crippen LogP contribution in [0.15, 0.2) is 95.1 Å². The van der Waals surface area contributed by atoms with Gasteiger partial charge in [-0.15, -0.1) is 0 Å². The number of para-hydroxylation sites is 2. The second kappa shape index (κ2) is 9.06. The van der Waals surface area contributed by atoms with Gasteiger partial charge in [0.1, 0.15) is 0 Å². The zero-order chi connectivity index (χ0) is 23.7. The Morgan fingerprint density at radius 3 is 1.29 bits per heavy atom. The third-order valence-corrected chi connectivity index (χ3v) is 6.44. The van der Waals surface area contributed by atoms with Gasteiger partial charge in [0.25, 0.3) is 11.8 Å². The number of hydrogen-bond acceptors (Lipinski definition) is 4. The van der Waals surface area contributed by atoms with Crippen LogP contribution < -0.4 is 10.0 Å². The lowest BCUT2D eigenvalue weighted by Gasteiger charge is -2.15. The van der Waals surface area contributed by atoms with Crippen molar-refractivity contribution in [2.45, 2.75) is 26.7 Å². The molecule has 6 nitrogen and oxygen atoms in total. The number of carbonyl (C=O) groups is 2. The van der Waals surface area contributed by atoms with Crippen LogP contribution in [0, 0.1) is 11.8 Å². The highest BCUT2D eigenvalue weighted by atomic mass is 16.2. The molecule has 0 unspecified atom stereocenters. The third kappa shape index (κ3) is 4.15. The first-order valence-electron chi connectivity index (χ1n) is 11.5. The van der Waals surface area contributed by atoms with E-state index < -0.39 is 0 Å². The van der Waals surface area contributed by atoms with Crippen molar-refractivity contribution in [2.75, 3.05) is 10.0 Å². The van der Waals surface area contributed by atoms with Crippen LogP contribution in [0.2, 0.25) is 0 Å². The lowest BCUT2D eigenvalue weighted by atomic mass is 9.92. The average Bonchev–Trinajstić information content (AvgIpc) is 3.31. The second-order valence-corrected chi connectivity index (χ2v) is 8.78. The monoisotopic (exact) mass is 450 g/mol. The van der Waals surface area contributed by atoms with Crippen molar-refractivity contribution >= 4 is 34.6 Å². The molecule has 2 atom stereocenters. The summed E-state index contributed by atoms with van der Waals surface area (Å²) >= 11 is 0. The van der Waals surface area contributed by atoms with E-state index in [2.05, 4.69) is 10.2 Å². The van der Waals surface area contributed by atoms with Gasteiger partial charge in [0.2, 0.25) is 0 Å². The van der Waals surface area contributed by atoms with Gasteiger partial charge < -0.3 is 0 Å². The minimum absolute atomic E-state index is 0.00262. The predicted octanol–water partition coefficient (Wildman–Crippen LogP) is 4.85. The molecule has 5 rings (SSSR count). The quantitative estimate of drug-likeness (QED) is 0.539. The maximum absolute atomic E-state index is 13.0. The molecule has 34 heavy (non-hydrogen) atoms. The Morgan fingerprint density at radius 1 is 0.588 bits per heavy atom. The van der Waals surface area contributed by atoms with E-state index in [0.717, 1.165) is 33.9 Å². The number of nitrogens with zero attached hydrogens (tertiary/aromatic N) is 4. The molecule has 3 aromatic rings. The number of hydrogen-bond donors (Lipinski definition) is 0. The van der Waals surface area contributed by atoms with Gasteiger partial charge in [0.15, 0.2) is 0 Å². The number of amides is 2. The molecule has 170 valence electrons. The molecule has 0 spiro atoms. The summed E-state index contributed by atoms with van der Waals surface area (Å²) in [6.07, 6.45) is 1.20. The number of hydrazone groups is 2. The molecule has 0 aromatic heterocycles. The molecule has 0 N–H and O–H groups in total. The van der Waals surface area contributed by atoms with Gasteiger partial charge in [-0.2, -0.15) is 10.2 Å². The van der Waals surface area contributed by atoms with Gasteiger partial charge in [-0.25, -0.2) is 10.0 Å². The highest BCUT2D eigenvalue weighted by molar-refractivity contribution is 6.15. The normalized spacial score (nSPS) is 20.1. The fourth-order valence-corrected chi connectivity index (χ4v) is 4.47. The number of anilines is 2. The molecule has 0 radical (unpaired) electrons. The minimum Gasteiger partial charge on any atom is -0.272 e. The van der Waals surface area contributed by atoms with Crippen molar-refractivity contribution < 1.29 is 9.59 Å². The SMILES string of the molecule is CC1=NN(c2ccccc2)C(=O)[C@H]1Cc1ccc(C[C@H]2C(=O)N(c3ccccc3)N=C2C)cc1. The zero-order valence-corrected chi connectivity index (χ0v) is 19.3. The van der Waals surface area contributed by atoms with Gasteiger partial charge in [-0.05, 0) is 62.1 Å². The highest BCUT2D eigenvalue weighted by Crippen LogP contribution is 2.28. The fourth-order valence-electron chi connectivity index (χ4n) is 4.47. The van der Waals surface area contributed by atoms with E-state index in [1.54, 1.807) is 0 Å². The molecule has 2 aliphatic rings. The van der Waals surface area contributed by atoms with Gasteiger partial charge in [-0.1, -0.05) is 60.7 Å². The van der Waals surface area contributed by atoms with Crippen molar-refractivity contribution in [3.05, 3.63) is 96.1 Å². The molecule has 0 bridgehead atoms. The Morgan fingerprint density at radius 2 is 0.941 bits per heavy atom. The molecule has 6 heteroatoms. The molecular weight excluding hydrogens is 424 g/mol. The van der Waals surface area contributed by atoms with Crippen LogP contribution >= 0.6 is 0 Å². The maximum Gasteiger partial charge on any atom is 0.256 e. The first kappa shape index (κ1) is 21.8. The van der Waals surface area contributed by atoms with E-state index >= 15 is 0 Å². The van der Waals surface area contributed by atoms with Gasteiger partial charge in [0.05, 0.1) is 23.2 Å². The molecule has 0 saturated carbocycles. The summed E-state index contributed by atoms with van der Waals surface area (Å²) in [6, 6.07) is 27.2. The van der Waals surface area contributed by atoms with E-state index in [1.165, 1.54) is 10.0 Å². The molecule has 2 heterocycles. The van der Waals surface area contributed by atoms with Crippen molar-refractivity contribution in [3.63, 3.8) is 0 Å². The Labute approximate surface area is 199 Å². The summed E-state index contributed by atoms with van der Waals surface area (Å²) in [6.45, 7) is 3.82. The van der Waals surface area contributed by atoms with Gasteiger partial charge in [-0.3, -0.25) is 9.59 Å². The minimum atomic E-state index is -0.267. The van der Waals surface area contributed by atoms with Crippen LogP contribution in [-0.4, -0.2) is 23.2 Å². The average molecular weight is 451 g/mol. The third-order valence-electron chi connectivity index (χ3n) is 6.44. The van der Waals surface area contributed by atoms with Gasteiger partial charge in [0, 0.05) is 11.4 Å². The first-order chi connectivity index (χ1) is 16.5. The largest absolute Gasteiger partial charge is 0.272 e. The lowest BCUT2D eigenvalue weighted by Crippen LogP contribution is -2.28. The molecule has 0 saturated heterocycles. The summed E-state index contributed by atoms with van der Waals surface area (Å²) in [7, 11) is 0. The van der Waals surface area contributed by atoms with Crippen molar-refractivity contribution in [1.82, 2.24) is 0 Å². The van der Waals surface area contributed by atoms with Crippen LogP contribution in [0.1, 0.15) is 25.0 Å². The van der Waals surface area contributed by atoms with E-state index in [9.17, 15) is 9.59 Å². The summed E-state index contributed by atoms with van der Waals surface area (Å²) in [5.74, 6) is -0.540. The predicted molar refractivity (Wildman–Crippen MR) is 135 cm³/mol. The number of rotatable bonds is 6. The Hall–Kier alpha value is -4.06. The highest BCUT2D eigenvalue weighted by Gasteiger charge is 2.35. The lowest BCUT2D eigenvalue weighted by molar-refractivity contribution is -0.120. The fraction of sp³-hybridized carbons (Fsp3) is 0.214. The second-order valence-electron chi connectivity index (χ2n) is 8.78. The Balaban J connectivity index is 1.24. The Kier molecular flexibility index (Phi) is 5.80. The van der Waals surface area contributed by atoms with E-state index in [0.29, 0.717) is 12.8 Å². The number of benzene rings is 3. The van der Waals surface area contributed by atoms with E-state index in [4.69, 9.17) is 0 Å². The van der Waals surface area contributed by atoms with E-state index in [-0.39, 0.29) is 23.7 Å². The van der Waals surface area contributed by atoms with Crippen molar-refractivity contribution in [1.29, 1.82) is 0 Å². The van der Waals surface area contributed by atoms with Crippen LogP contribution in [0.4, 0.5) is 11.4 Å². The van der Waals surface area contributed by atoms with Crippen molar-refractivity contribution in [2.24, 2.45) is 22.0 Å². The van der Waals surface area contributed by atoms with Crippen LogP contribution in [0.25, 0.3) is 0 Å². The van der Waals surface area contributed by atoms with Crippen LogP contribution in [-0.2, 0) is 22.4 Å². The maximum atomic E-state index is 13.0. The summed E-state index contributed by atoms with van der Waals surface area (Å²) in [5.41, 5.74) is 5.35. The van der Waals surface area contributed by atoms with E-state index in [1.807, 2.05) is 98.8 Å². The molecule has 2 amide bonds. The molecule has 3 aromatic carbocycles. The molecular formula is C28H26N4O2. The molecule has 0 fully saturated rings. The molecule has 0 aliphatic carbocycles. The Bertz CT molecular complexity index is 1170. The number of carbonyl (C=O) groups excluding carboxylic acids is 2. The molecule has 2 aliphatic heterocycles. The first-order valence-corrected chi connectivity index (χ1v) is 11.5.